The summed E-state index contributed by atoms with van der Waals surface area (Å²) in [5, 5.41) is 1.28. The summed E-state index contributed by atoms with van der Waals surface area (Å²) in [5.74, 6) is 1.05. The molecule has 0 aliphatic rings. The highest BCUT2D eigenvalue weighted by Gasteiger charge is 2.12. The van der Waals surface area contributed by atoms with E-state index in [9.17, 15) is 0 Å². The second kappa shape index (κ2) is 8.91. The maximum atomic E-state index is 2.31. The lowest BCUT2D eigenvalue weighted by Gasteiger charge is -2.18. The van der Waals surface area contributed by atoms with Gasteiger partial charge in [-0.1, -0.05) is 24.3 Å². The number of nitrogens with zero attached hydrogens (tertiary/aromatic N) is 4. The maximum Gasteiger partial charge on any atom is 0.317 e. The molecule has 2 heterocycles. The first-order valence-electron chi connectivity index (χ1n) is 9.11. The van der Waals surface area contributed by atoms with Crippen molar-refractivity contribution < 1.29 is 9.13 Å². The zero-order valence-corrected chi connectivity index (χ0v) is 17.4. The molecule has 0 radical (unpaired) electrons. The van der Waals surface area contributed by atoms with Crippen molar-refractivity contribution in [1.82, 2.24) is 4.57 Å². The zero-order valence-electron chi connectivity index (χ0n) is 16.5. The molecule has 0 unspecified atom stereocenters. The van der Waals surface area contributed by atoms with E-state index < -0.39 is 0 Å². The van der Waals surface area contributed by atoms with Crippen LogP contribution in [0.4, 0.5) is 5.69 Å². The summed E-state index contributed by atoms with van der Waals surface area (Å²) in [6, 6.07) is 13.0. The van der Waals surface area contributed by atoms with E-state index in [1.165, 1.54) is 22.0 Å². The van der Waals surface area contributed by atoms with Gasteiger partial charge in [-0.2, -0.15) is 0 Å². The van der Waals surface area contributed by atoms with Crippen molar-refractivity contribution in [1.29, 1.82) is 0 Å². The van der Waals surface area contributed by atoms with Gasteiger partial charge in [0.1, 0.15) is 19.4 Å². The highest BCUT2D eigenvalue weighted by Crippen LogP contribution is 2.18. The SMILES string of the molecule is CN(CCSc1n(C)cc[n+]1C)c1ccc(/C=C/c2cc[n+](C)cc2)cc1. The molecule has 27 heavy (non-hydrogen) atoms. The molecule has 0 saturated heterocycles. The third-order valence-corrected chi connectivity index (χ3v) is 5.80. The molecule has 0 bridgehead atoms. The molecule has 3 rings (SSSR count). The van der Waals surface area contributed by atoms with E-state index in [1.807, 2.05) is 23.4 Å². The van der Waals surface area contributed by atoms with Gasteiger partial charge in [0.2, 0.25) is 0 Å². The van der Waals surface area contributed by atoms with Crippen LogP contribution in [0.15, 0.2) is 66.3 Å². The minimum absolute atomic E-state index is 1.01. The Balaban J connectivity index is 1.53. The van der Waals surface area contributed by atoms with Crippen LogP contribution < -0.4 is 14.0 Å². The molecule has 1 aromatic carbocycles. The molecule has 2 aromatic heterocycles. The number of aryl methyl sites for hydroxylation is 3. The minimum atomic E-state index is 1.01. The van der Waals surface area contributed by atoms with Gasteiger partial charge in [0, 0.05) is 37.2 Å². The molecule has 0 N–H and O–H groups in total. The van der Waals surface area contributed by atoms with Gasteiger partial charge in [-0.05, 0) is 35.0 Å². The van der Waals surface area contributed by atoms with Crippen LogP contribution in [0, 0.1) is 0 Å². The number of pyridine rings is 1. The summed E-state index contributed by atoms with van der Waals surface area (Å²) >= 11 is 1.88. The summed E-state index contributed by atoms with van der Waals surface area (Å²) in [5.41, 5.74) is 3.67. The highest BCUT2D eigenvalue weighted by atomic mass is 32.2. The van der Waals surface area contributed by atoms with Crippen molar-refractivity contribution in [3.63, 3.8) is 0 Å². The van der Waals surface area contributed by atoms with E-state index in [2.05, 4.69) is 109 Å². The molecular weight excluding hydrogens is 352 g/mol. The third kappa shape index (κ3) is 5.23. The summed E-state index contributed by atoms with van der Waals surface area (Å²) < 4.78 is 6.37. The topological polar surface area (TPSA) is 15.9 Å². The Labute approximate surface area is 166 Å². The summed E-state index contributed by atoms with van der Waals surface area (Å²) in [6.45, 7) is 1.01. The van der Waals surface area contributed by atoms with E-state index in [4.69, 9.17) is 0 Å². The number of thioether (sulfide) groups is 1. The molecule has 0 aliphatic heterocycles. The van der Waals surface area contributed by atoms with Gasteiger partial charge in [-0.15, -0.1) is 0 Å². The number of aromatic nitrogens is 3. The largest absolute Gasteiger partial charge is 0.374 e. The lowest BCUT2D eigenvalue weighted by Crippen LogP contribution is -2.29. The molecule has 0 spiro atoms. The van der Waals surface area contributed by atoms with Gasteiger partial charge < -0.3 is 4.90 Å². The van der Waals surface area contributed by atoms with E-state index in [0.29, 0.717) is 0 Å². The van der Waals surface area contributed by atoms with Crippen LogP contribution in [0.3, 0.4) is 0 Å². The predicted molar refractivity (Wildman–Crippen MR) is 114 cm³/mol. The fraction of sp³-hybridized carbons (Fsp3) is 0.273. The second-order valence-electron chi connectivity index (χ2n) is 6.79. The number of anilines is 1. The molecule has 0 fully saturated rings. The number of imidazole rings is 1. The van der Waals surface area contributed by atoms with Gasteiger partial charge in [0.15, 0.2) is 12.4 Å². The van der Waals surface area contributed by atoms with Crippen LogP contribution in [0.1, 0.15) is 11.1 Å². The molecular formula is C22H28N4S+2. The Kier molecular flexibility index (Phi) is 6.35. The monoisotopic (exact) mass is 380 g/mol. The van der Waals surface area contributed by atoms with E-state index >= 15 is 0 Å². The van der Waals surface area contributed by atoms with Crippen molar-refractivity contribution in [3.05, 3.63) is 72.3 Å². The van der Waals surface area contributed by atoms with E-state index in [0.717, 1.165) is 12.3 Å². The van der Waals surface area contributed by atoms with Crippen molar-refractivity contribution in [2.75, 3.05) is 24.2 Å². The van der Waals surface area contributed by atoms with Crippen LogP contribution in [0.5, 0.6) is 0 Å². The van der Waals surface area contributed by atoms with Gasteiger partial charge in [0.25, 0.3) is 0 Å². The van der Waals surface area contributed by atoms with E-state index in [1.54, 1.807) is 0 Å². The Morgan fingerprint density at radius 1 is 0.963 bits per heavy atom. The van der Waals surface area contributed by atoms with Gasteiger partial charge in [0.05, 0.1) is 14.1 Å². The number of hydrogen-bond acceptors (Lipinski definition) is 2. The molecule has 0 atom stereocenters. The van der Waals surface area contributed by atoms with Crippen molar-refractivity contribution >= 4 is 29.6 Å². The Hall–Kier alpha value is -2.53. The smallest absolute Gasteiger partial charge is 0.317 e. The van der Waals surface area contributed by atoms with Crippen LogP contribution in [0.25, 0.3) is 12.2 Å². The number of rotatable bonds is 7. The Morgan fingerprint density at radius 2 is 1.59 bits per heavy atom. The summed E-state index contributed by atoms with van der Waals surface area (Å²) in [4.78, 5) is 2.31. The fourth-order valence-electron chi connectivity index (χ4n) is 2.84. The normalized spacial score (nSPS) is 11.3. The maximum absolute atomic E-state index is 2.31. The second-order valence-corrected chi connectivity index (χ2v) is 7.86. The predicted octanol–water partition coefficient (Wildman–Crippen LogP) is 3.07. The van der Waals surface area contributed by atoms with Crippen molar-refractivity contribution in [3.8, 4) is 0 Å². The zero-order chi connectivity index (χ0) is 19.2. The summed E-state index contributed by atoms with van der Waals surface area (Å²) in [7, 11) is 8.36. The van der Waals surface area contributed by atoms with Gasteiger partial charge >= 0.3 is 5.16 Å². The third-order valence-electron chi connectivity index (χ3n) is 4.58. The molecule has 3 aromatic rings. The summed E-state index contributed by atoms with van der Waals surface area (Å²) in [6.07, 6.45) is 12.6. The molecule has 0 amide bonds. The van der Waals surface area contributed by atoms with Crippen LogP contribution in [-0.2, 0) is 21.1 Å². The van der Waals surface area contributed by atoms with Gasteiger partial charge in [-0.3, -0.25) is 0 Å². The lowest BCUT2D eigenvalue weighted by molar-refractivity contribution is -0.709. The average Bonchev–Trinajstić information content (AvgIpc) is 3.00. The average molecular weight is 381 g/mol. The first kappa shape index (κ1) is 19.2. The molecule has 4 nitrogen and oxygen atoms in total. The lowest BCUT2D eigenvalue weighted by atomic mass is 10.1. The quantitative estimate of drug-likeness (QED) is 0.463. The first-order valence-corrected chi connectivity index (χ1v) is 10.1. The first-order chi connectivity index (χ1) is 13.0. The van der Waals surface area contributed by atoms with Crippen LogP contribution >= 0.6 is 11.8 Å². The molecule has 140 valence electrons. The van der Waals surface area contributed by atoms with Crippen molar-refractivity contribution in [2.45, 2.75) is 5.16 Å². The minimum Gasteiger partial charge on any atom is -0.374 e. The highest BCUT2D eigenvalue weighted by molar-refractivity contribution is 7.99. The number of hydrogen-bond donors (Lipinski definition) is 0. The standard InChI is InChI=1S/C22H28N4S/c1-23-13-11-20(12-14-23)6-5-19-7-9-21(10-8-19)24(2)17-18-27-22-25(3)15-16-26(22)4/h5-16H,17-18H2,1-4H3/q+2. The number of benzene rings is 1. The van der Waals surface area contributed by atoms with Crippen LogP contribution in [-0.4, -0.2) is 23.9 Å². The van der Waals surface area contributed by atoms with E-state index in [-0.39, 0.29) is 0 Å². The molecule has 0 aliphatic carbocycles. The molecule has 0 saturated carbocycles. The van der Waals surface area contributed by atoms with Gasteiger partial charge in [-0.25, -0.2) is 13.7 Å². The van der Waals surface area contributed by atoms with Crippen molar-refractivity contribution in [2.24, 2.45) is 21.1 Å². The molecule has 5 heteroatoms. The van der Waals surface area contributed by atoms with Crippen LogP contribution in [0.2, 0.25) is 0 Å². The Bertz CT molecular complexity index is 876. The fourth-order valence-corrected chi connectivity index (χ4v) is 3.92. The Morgan fingerprint density at radius 3 is 2.19 bits per heavy atom.